The summed E-state index contributed by atoms with van der Waals surface area (Å²) in [4.78, 5) is 5.56. The Bertz CT molecular complexity index is 300. The number of nitrogens with zero attached hydrogens (tertiary/aromatic N) is 2. The van der Waals surface area contributed by atoms with Gasteiger partial charge in [0.2, 0.25) is 0 Å². The van der Waals surface area contributed by atoms with Crippen LogP contribution in [0.5, 0.6) is 0 Å². The van der Waals surface area contributed by atoms with Crippen molar-refractivity contribution in [1.29, 1.82) is 0 Å². The molecule has 0 aromatic rings. The third-order valence-corrected chi connectivity index (χ3v) is 6.10. The molecule has 2 N–H and O–H groups in total. The third kappa shape index (κ3) is 2.24. The van der Waals surface area contributed by atoms with Crippen LogP contribution in [0, 0.1) is 0 Å². The lowest BCUT2D eigenvalue weighted by atomic mass is 9.82. The predicted octanol–water partition coefficient (Wildman–Crippen LogP) is 2.21. The summed E-state index contributed by atoms with van der Waals surface area (Å²) in [5, 5.41) is 0. The van der Waals surface area contributed by atoms with Gasteiger partial charge in [0.25, 0.3) is 0 Å². The van der Waals surface area contributed by atoms with Crippen LogP contribution < -0.4 is 5.73 Å². The van der Waals surface area contributed by atoms with Crippen LogP contribution in [0.25, 0.3) is 0 Å². The Morgan fingerprint density at radius 2 is 1.89 bits per heavy atom. The van der Waals surface area contributed by atoms with Gasteiger partial charge in [0, 0.05) is 25.2 Å². The lowest BCUT2D eigenvalue weighted by molar-refractivity contribution is 0.0161. The molecule has 0 spiro atoms. The molecule has 3 aliphatic rings. The summed E-state index contributed by atoms with van der Waals surface area (Å²) in [5.74, 6) is 0. The van der Waals surface area contributed by atoms with Gasteiger partial charge in [-0.15, -0.1) is 0 Å². The molecule has 1 saturated carbocycles. The van der Waals surface area contributed by atoms with Gasteiger partial charge < -0.3 is 5.73 Å². The predicted molar refractivity (Wildman–Crippen MR) is 80.3 cm³/mol. The SMILES string of the molecule is CCN(C1CCCCC1)C1(CN)CCN2CCCC21. The van der Waals surface area contributed by atoms with Crippen LogP contribution in [0.1, 0.15) is 58.3 Å². The molecule has 3 rings (SSSR count). The molecular weight excluding hydrogens is 234 g/mol. The molecule has 3 fully saturated rings. The van der Waals surface area contributed by atoms with Crippen molar-refractivity contribution in [3.63, 3.8) is 0 Å². The quantitative estimate of drug-likeness (QED) is 0.846. The highest BCUT2D eigenvalue weighted by atomic mass is 15.3. The Morgan fingerprint density at radius 3 is 2.58 bits per heavy atom. The first-order chi connectivity index (χ1) is 9.31. The van der Waals surface area contributed by atoms with Gasteiger partial charge >= 0.3 is 0 Å². The second-order valence-corrected chi connectivity index (χ2v) is 6.83. The molecule has 2 atom stereocenters. The molecule has 3 heteroatoms. The Balaban J connectivity index is 1.82. The molecule has 0 aromatic heterocycles. The molecule has 2 heterocycles. The van der Waals surface area contributed by atoms with Gasteiger partial charge in [-0.3, -0.25) is 9.80 Å². The van der Waals surface area contributed by atoms with Crippen LogP contribution in [0.3, 0.4) is 0 Å². The summed E-state index contributed by atoms with van der Waals surface area (Å²) in [6, 6.07) is 1.56. The van der Waals surface area contributed by atoms with Crippen LogP contribution in [-0.2, 0) is 0 Å². The number of hydrogen-bond donors (Lipinski definition) is 1. The number of hydrogen-bond acceptors (Lipinski definition) is 3. The number of rotatable bonds is 4. The van der Waals surface area contributed by atoms with Crippen molar-refractivity contribution < 1.29 is 0 Å². The van der Waals surface area contributed by atoms with Gasteiger partial charge in [0.15, 0.2) is 0 Å². The highest BCUT2D eigenvalue weighted by molar-refractivity contribution is 5.10. The molecule has 110 valence electrons. The molecule has 0 bridgehead atoms. The normalized spacial score (nSPS) is 37.1. The molecule has 19 heavy (non-hydrogen) atoms. The zero-order valence-corrected chi connectivity index (χ0v) is 12.6. The molecule has 2 unspecified atom stereocenters. The van der Waals surface area contributed by atoms with Gasteiger partial charge in [-0.25, -0.2) is 0 Å². The summed E-state index contributed by atoms with van der Waals surface area (Å²) in [5.41, 5.74) is 6.64. The number of likely N-dealkylation sites (N-methyl/N-ethyl adjacent to an activating group) is 1. The van der Waals surface area contributed by atoms with Gasteiger partial charge in [0.1, 0.15) is 0 Å². The zero-order chi connectivity index (χ0) is 13.3. The second kappa shape index (κ2) is 5.71. The Kier molecular flexibility index (Phi) is 4.16. The van der Waals surface area contributed by atoms with Gasteiger partial charge in [-0.1, -0.05) is 26.2 Å². The lowest BCUT2D eigenvalue weighted by Crippen LogP contribution is -2.63. The minimum Gasteiger partial charge on any atom is -0.329 e. The van der Waals surface area contributed by atoms with E-state index >= 15 is 0 Å². The van der Waals surface area contributed by atoms with E-state index in [1.807, 2.05) is 0 Å². The second-order valence-electron chi connectivity index (χ2n) is 6.83. The molecule has 0 radical (unpaired) electrons. The molecule has 2 aliphatic heterocycles. The summed E-state index contributed by atoms with van der Waals surface area (Å²) in [6.45, 7) is 6.99. The van der Waals surface area contributed by atoms with E-state index in [1.54, 1.807) is 0 Å². The van der Waals surface area contributed by atoms with E-state index in [4.69, 9.17) is 5.73 Å². The Labute approximate surface area is 118 Å². The van der Waals surface area contributed by atoms with Crippen LogP contribution in [0.15, 0.2) is 0 Å². The lowest BCUT2D eigenvalue weighted by Gasteiger charge is -2.49. The Morgan fingerprint density at radius 1 is 1.11 bits per heavy atom. The van der Waals surface area contributed by atoms with E-state index in [2.05, 4.69) is 16.7 Å². The molecule has 2 saturated heterocycles. The standard InChI is InChI=1S/C16H31N3/c1-2-19(14-7-4-3-5-8-14)16(13-17)10-12-18-11-6-9-15(16)18/h14-15H,2-13,17H2,1H3. The fourth-order valence-electron chi connectivity index (χ4n) is 5.23. The summed E-state index contributed by atoms with van der Waals surface area (Å²) in [7, 11) is 0. The minimum atomic E-state index is 0.299. The van der Waals surface area contributed by atoms with Crippen molar-refractivity contribution in [2.45, 2.75) is 75.9 Å². The summed E-state index contributed by atoms with van der Waals surface area (Å²) >= 11 is 0. The fraction of sp³-hybridized carbons (Fsp3) is 1.00. The van der Waals surface area contributed by atoms with Crippen molar-refractivity contribution >= 4 is 0 Å². The van der Waals surface area contributed by atoms with Gasteiger partial charge in [-0.2, -0.15) is 0 Å². The highest BCUT2D eigenvalue weighted by Crippen LogP contribution is 2.42. The maximum absolute atomic E-state index is 6.34. The van der Waals surface area contributed by atoms with Crippen molar-refractivity contribution in [3.8, 4) is 0 Å². The van der Waals surface area contributed by atoms with E-state index in [9.17, 15) is 0 Å². The van der Waals surface area contributed by atoms with Crippen LogP contribution >= 0.6 is 0 Å². The molecule has 1 aliphatic carbocycles. The zero-order valence-electron chi connectivity index (χ0n) is 12.6. The first kappa shape index (κ1) is 13.8. The third-order valence-electron chi connectivity index (χ3n) is 6.10. The molecule has 3 nitrogen and oxygen atoms in total. The average Bonchev–Trinajstić information content (AvgIpc) is 3.04. The van der Waals surface area contributed by atoms with Crippen molar-refractivity contribution in [3.05, 3.63) is 0 Å². The molecule has 0 amide bonds. The van der Waals surface area contributed by atoms with Crippen LogP contribution in [0.4, 0.5) is 0 Å². The van der Waals surface area contributed by atoms with Crippen molar-refractivity contribution in [2.75, 3.05) is 26.2 Å². The maximum atomic E-state index is 6.34. The number of nitrogens with two attached hydrogens (primary N) is 1. The fourth-order valence-corrected chi connectivity index (χ4v) is 5.23. The molecular formula is C16H31N3. The van der Waals surface area contributed by atoms with Gasteiger partial charge in [0.05, 0.1) is 5.54 Å². The van der Waals surface area contributed by atoms with E-state index in [-0.39, 0.29) is 0 Å². The average molecular weight is 265 g/mol. The van der Waals surface area contributed by atoms with E-state index in [1.165, 1.54) is 71.0 Å². The van der Waals surface area contributed by atoms with Crippen molar-refractivity contribution in [1.82, 2.24) is 9.80 Å². The van der Waals surface area contributed by atoms with E-state index in [0.29, 0.717) is 5.54 Å². The van der Waals surface area contributed by atoms with E-state index < -0.39 is 0 Å². The topological polar surface area (TPSA) is 32.5 Å². The first-order valence-electron chi connectivity index (χ1n) is 8.52. The van der Waals surface area contributed by atoms with Crippen molar-refractivity contribution in [2.24, 2.45) is 5.73 Å². The summed E-state index contributed by atoms with van der Waals surface area (Å²) in [6.07, 6.45) is 11.2. The monoisotopic (exact) mass is 265 g/mol. The van der Waals surface area contributed by atoms with Crippen LogP contribution in [0.2, 0.25) is 0 Å². The number of fused-ring (bicyclic) bond motifs is 1. The minimum absolute atomic E-state index is 0.299. The largest absolute Gasteiger partial charge is 0.329 e. The Hall–Kier alpha value is -0.120. The first-order valence-corrected chi connectivity index (χ1v) is 8.52. The smallest absolute Gasteiger partial charge is 0.0501 e. The highest BCUT2D eigenvalue weighted by Gasteiger charge is 2.52. The summed E-state index contributed by atoms with van der Waals surface area (Å²) < 4.78 is 0. The maximum Gasteiger partial charge on any atom is 0.0501 e. The van der Waals surface area contributed by atoms with Crippen LogP contribution in [-0.4, -0.2) is 53.6 Å². The van der Waals surface area contributed by atoms with Gasteiger partial charge in [-0.05, 0) is 45.2 Å². The molecule has 0 aromatic carbocycles. The van der Waals surface area contributed by atoms with E-state index in [0.717, 1.165) is 18.6 Å².